The molecule has 2 heteroatoms. The summed E-state index contributed by atoms with van der Waals surface area (Å²) in [4.78, 5) is 5.28. The lowest BCUT2D eigenvalue weighted by Crippen LogP contribution is -2.54. The van der Waals surface area contributed by atoms with Gasteiger partial charge >= 0.3 is 0 Å². The minimum Gasteiger partial charge on any atom is -0.300 e. The normalized spacial score (nSPS) is 28.3. The van der Waals surface area contributed by atoms with Crippen LogP contribution in [0.3, 0.4) is 0 Å². The number of piperidine rings is 1. The molecular weight excluding hydrogens is 184 g/mol. The summed E-state index contributed by atoms with van der Waals surface area (Å²) in [5.41, 5.74) is 0. The Kier molecular flexibility index (Phi) is 4.05. The second-order valence-corrected chi connectivity index (χ2v) is 4.79. The Balaban J connectivity index is 1.73. The number of piperazine rings is 1. The Hall–Kier alpha value is -0.520. The Morgan fingerprint density at radius 3 is 3.00 bits per heavy atom. The van der Waals surface area contributed by atoms with Crippen LogP contribution in [0.5, 0.6) is 0 Å². The second kappa shape index (κ2) is 5.53. The van der Waals surface area contributed by atoms with Crippen molar-refractivity contribution in [2.45, 2.75) is 38.1 Å². The summed E-state index contributed by atoms with van der Waals surface area (Å²) in [6.45, 7) is 6.35. The maximum atomic E-state index is 5.27. The Morgan fingerprint density at radius 1 is 1.20 bits per heavy atom. The SMILES string of the molecule is C#CCCCN1CCN2CCCCC2C1. The fourth-order valence-electron chi connectivity index (χ4n) is 2.83. The molecule has 2 saturated heterocycles. The van der Waals surface area contributed by atoms with Crippen LogP contribution in [0.1, 0.15) is 32.1 Å². The molecule has 0 N–H and O–H groups in total. The van der Waals surface area contributed by atoms with Crippen molar-refractivity contribution in [2.24, 2.45) is 0 Å². The van der Waals surface area contributed by atoms with Crippen molar-refractivity contribution >= 4 is 0 Å². The van der Waals surface area contributed by atoms with Gasteiger partial charge < -0.3 is 4.90 Å². The number of fused-ring (bicyclic) bond motifs is 1. The molecule has 0 bridgehead atoms. The van der Waals surface area contributed by atoms with E-state index in [4.69, 9.17) is 6.42 Å². The second-order valence-electron chi connectivity index (χ2n) is 4.79. The zero-order valence-electron chi connectivity index (χ0n) is 9.62. The third-order valence-corrected chi connectivity index (χ3v) is 3.72. The molecular formula is C13H22N2. The monoisotopic (exact) mass is 206 g/mol. The predicted molar refractivity (Wildman–Crippen MR) is 63.7 cm³/mol. The summed E-state index contributed by atoms with van der Waals surface area (Å²) < 4.78 is 0. The lowest BCUT2D eigenvalue weighted by atomic mass is 9.99. The van der Waals surface area contributed by atoms with Crippen molar-refractivity contribution in [3.8, 4) is 12.3 Å². The number of terminal acetylenes is 1. The van der Waals surface area contributed by atoms with Gasteiger partial charge in [0, 0.05) is 32.1 Å². The number of unbranched alkanes of at least 4 members (excludes halogenated alkanes) is 1. The first-order valence-electron chi connectivity index (χ1n) is 6.30. The minimum absolute atomic E-state index is 0.846. The molecule has 0 saturated carbocycles. The molecule has 0 amide bonds. The number of rotatable bonds is 3. The Morgan fingerprint density at radius 2 is 2.13 bits per heavy atom. The van der Waals surface area contributed by atoms with Crippen LogP contribution in [0.25, 0.3) is 0 Å². The van der Waals surface area contributed by atoms with E-state index in [1.807, 2.05) is 0 Å². The van der Waals surface area contributed by atoms with Gasteiger partial charge in [0.15, 0.2) is 0 Å². The summed E-state index contributed by atoms with van der Waals surface area (Å²) in [7, 11) is 0. The van der Waals surface area contributed by atoms with Crippen LogP contribution < -0.4 is 0 Å². The molecule has 2 heterocycles. The number of nitrogens with zero attached hydrogens (tertiary/aromatic N) is 2. The van der Waals surface area contributed by atoms with Crippen molar-refractivity contribution < 1.29 is 0 Å². The van der Waals surface area contributed by atoms with E-state index in [0.717, 1.165) is 12.5 Å². The van der Waals surface area contributed by atoms with E-state index >= 15 is 0 Å². The standard InChI is InChI=1S/C13H22N2/c1-2-3-5-8-14-10-11-15-9-6-4-7-13(15)12-14/h1,13H,3-12H2. The maximum Gasteiger partial charge on any atom is 0.0223 e. The van der Waals surface area contributed by atoms with Crippen LogP contribution in [-0.4, -0.2) is 48.6 Å². The average Bonchev–Trinajstić information content (AvgIpc) is 2.29. The topological polar surface area (TPSA) is 6.48 Å². The van der Waals surface area contributed by atoms with Crippen molar-refractivity contribution in [3.63, 3.8) is 0 Å². The zero-order valence-corrected chi connectivity index (χ0v) is 9.62. The minimum atomic E-state index is 0.846. The summed E-state index contributed by atoms with van der Waals surface area (Å²) in [6.07, 6.45) is 11.6. The molecule has 0 aliphatic carbocycles. The largest absolute Gasteiger partial charge is 0.300 e. The van der Waals surface area contributed by atoms with Gasteiger partial charge in [-0.05, 0) is 32.4 Å². The molecule has 0 aromatic carbocycles. The van der Waals surface area contributed by atoms with Gasteiger partial charge in [-0.1, -0.05) is 6.42 Å². The molecule has 0 spiro atoms. The van der Waals surface area contributed by atoms with Gasteiger partial charge in [-0.25, -0.2) is 0 Å². The van der Waals surface area contributed by atoms with Gasteiger partial charge in [0.2, 0.25) is 0 Å². The van der Waals surface area contributed by atoms with E-state index in [0.29, 0.717) is 0 Å². The van der Waals surface area contributed by atoms with Gasteiger partial charge in [-0.3, -0.25) is 4.90 Å². The lowest BCUT2D eigenvalue weighted by Gasteiger charge is -2.44. The van der Waals surface area contributed by atoms with E-state index in [1.54, 1.807) is 0 Å². The van der Waals surface area contributed by atoms with Gasteiger partial charge in [0.1, 0.15) is 0 Å². The van der Waals surface area contributed by atoms with Gasteiger partial charge in [-0.2, -0.15) is 0 Å². The molecule has 2 fully saturated rings. The van der Waals surface area contributed by atoms with E-state index < -0.39 is 0 Å². The number of hydrogen-bond acceptors (Lipinski definition) is 2. The predicted octanol–water partition coefficient (Wildman–Crippen LogP) is 1.57. The summed E-state index contributed by atoms with van der Waals surface area (Å²) in [5, 5.41) is 0. The molecule has 2 rings (SSSR count). The quantitative estimate of drug-likeness (QED) is 0.511. The number of hydrogen-bond donors (Lipinski definition) is 0. The van der Waals surface area contributed by atoms with Crippen LogP contribution in [0.4, 0.5) is 0 Å². The molecule has 2 nitrogen and oxygen atoms in total. The third-order valence-electron chi connectivity index (χ3n) is 3.72. The Bertz CT molecular complexity index is 231. The molecule has 15 heavy (non-hydrogen) atoms. The third kappa shape index (κ3) is 2.96. The van der Waals surface area contributed by atoms with Crippen molar-refractivity contribution in [1.82, 2.24) is 9.80 Å². The molecule has 2 aliphatic rings. The summed E-state index contributed by atoms with van der Waals surface area (Å²) >= 11 is 0. The maximum absolute atomic E-state index is 5.27. The van der Waals surface area contributed by atoms with Crippen LogP contribution in [0, 0.1) is 12.3 Å². The van der Waals surface area contributed by atoms with Crippen molar-refractivity contribution in [1.29, 1.82) is 0 Å². The fourth-order valence-corrected chi connectivity index (χ4v) is 2.83. The van der Waals surface area contributed by atoms with Crippen molar-refractivity contribution in [2.75, 3.05) is 32.7 Å². The zero-order chi connectivity index (χ0) is 10.5. The molecule has 84 valence electrons. The first-order valence-corrected chi connectivity index (χ1v) is 6.30. The molecule has 1 unspecified atom stereocenters. The van der Waals surface area contributed by atoms with E-state index in [9.17, 15) is 0 Å². The molecule has 0 aromatic heterocycles. The lowest BCUT2D eigenvalue weighted by molar-refractivity contribution is 0.0491. The van der Waals surface area contributed by atoms with E-state index in [1.165, 1.54) is 58.4 Å². The summed E-state index contributed by atoms with van der Waals surface area (Å²) in [6, 6.07) is 0.846. The van der Waals surface area contributed by atoms with Crippen LogP contribution in [-0.2, 0) is 0 Å². The first-order chi connectivity index (χ1) is 7.40. The summed E-state index contributed by atoms with van der Waals surface area (Å²) in [5.74, 6) is 2.73. The van der Waals surface area contributed by atoms with Crippen LogP contribution >= 0.6 is 0 Å². The highest BCUT2D eigenvalue weighted by atomic mass is 15.3. The molecule has 1 atom stereocenters. The highest BCUT2D eigenvalue weighted by molar-refractivity contribution is 4.87. The van der Waals surface area contributed by atoms with E-state index in [-0.39, 0.29) is 0 Å². The highest BCUT2D eigenvalue weighted by Gasteiger charge is 2.28. The van der Waals surface area contributed by atoms with Crippen molar-refractivity contribution in [3.05, 3.63) is 0 Å². The average molecular weight is 206 g/mol. The Labute approximate surface area is 93.6 Å². The molecule has 0 aromatic rings. The smallest absolute Gasteiger partial charge is 0.0223 e. The highest BCUT2D eigenvalue weighted by Crippen LogP contribution is 2.21. The van der Waals surface area contributed by atoms with E-state index in [2.05, 4.69) is 15.7 Å². The molecule has 2 aliphatic heterocycles. The van der Waals surface area contributed by atoms with Gasteiger partial charge in [0.05, 0.1) is 0 Å². The first kappa shape index (κ1) is 11.0. The van der Waals surface area contributed by atoms with Gasteiger partial charge in [0.25, 0.3) is 0 Å². The molecule has 0 radical (unpaired) electrons. The van der Waals surface area contributed by atoms with Gasteiger partial charge in [-0.15, -0.1) is 12.3 Å². The van der Waals surface area contributed by atoms with Crippen LogP contribution in [0.2, 0.25) is 0 Å². The fraction of sp³-hybridized carbons (Fsp3) is 0.846. The van der Waals surface area contributed by atoms with Crippen LogP contribution in [0.15, 0.2) is 0 Å².